The van der Waals surface area contributed by atoms with E-state index in [-0.39, 0.29) is 55.1 Å². The Bertz CT molecular complexity index is 1270. The number of halogens is 4. The molecule has 0 saturated carbocycles. The maximum Gasteiger partial charge on any atom is 0.187 e. The molecule has 4 aromatic rings. The molecule has 0 radical (unpaired) electrons. The molecule has 2 N–H and O–H groups in total. The monoisotopic (exact) mass is 528 g/mol. The van der Waals surface area contributed by atoms with Crippen molar-refractivity contribution in [2.24, 2.45) is 5.73 Å². The van der Waals surface area contributed by atoms with Crippen molar-refractivity contribution in [1.29, 1.82) is 0 Å². The van der Waals surface area contributed by atoms with Gasteiger partial charge in [0.1, 0.15) is 5.69 Å². The Labute approximate surface area is 216 Å². The highest BCUT2D eigenvalue weighted by molar-refractivity contribution is 5.86. The predicted octanol–water partition coefficient (Wildman–Crippen LogP) is 4.84. The van der Waals surface area contributed by atoms with Gasteiger partial charge in [0.2, 0.25) is 0 Å². The van der Waals surface area contributed by atoms with Crippen LogP contribution in [0.4, 0.5) is 4.39 Å². The molecule has 1 aliphatic rings. The van der Waals surface area contributed by atoms with E-state index < -0.39 is 5.82 Å². The maximum absolute atomic E-state index is 14.2. The topological polar surface area (TPSA) is 81.6 Å². The smallest absolute Gasteiger partial charge is 0.187 e. The Morgan fingerprint density at radius 3 is 2.65 bits per heavy atom. The SMILES string of the molecule is CCOc1cc2nc(-c3nnc4ccc([C@@H](C)N5CC[C@H](N)C5)cn34)ccc2cc1F.Cl.Cl.Cl. The summed E-state index contributed by atoms with van der Waals surface area (Å²) in [6.07, 6.45) is 3.09. The van der Waals surface area contributed by atoms with Gasteiger partial charge in [-0.05, 0) is 44.0 Å². The second-order valence-corrected chi connectivity index (χ2v) is 8.04. The molecular weight excluding hydrogens is 502 g/mol. The standard InChI is InChI=1S/C23H25FN6O.3ClH/c1-3-31-21-11-20-15(10-18(21)24)4-6-19(26-20)23-28-27-22-7-5-16(12-30(22)23)14(2)29-9-8-17(25)13-29;;;/h4-7,10-12,14,17H,3,8-9,13,25H2,1-2H3;3*1H/t14-,17+;;;/m1.../s1. The van der Waals surface area contributed by atoms with E-state index in [1.165, 1.54) is 11.6 Å². The number of hydrogen-bond acceptors (Lipinski definition) is 6. The molecule has 1 saturated heterocycles. The molecule has 3 aromatic heterocycles. The van der Waals surface area contributed by atoms with Gasteiger partial charge in [-0.25, -0.2) is 9.37 Å². The van der Waals surface area contributed by atoms with E-state index in [9.17, 15) is 4.39 Å². The lowest BCUT2D eigenvalue weighted by atomic mass is 10.1. The Morgan fingerprint density at radius 1 is 1.15 bits per heavy atom. The van der Waals surface area contributed by atoms with Gasteiger partial charge in [-0.2, -0.15) is 0 Å². The van der Waals surface area contributed by atoms with Gasteiger partial charge in [0.25, 0.3) is 0 Å². The van der Waals surface area contributed by atoms with Crippen molar-refractivity contribution >= 4 is 53.8 Å². The van der Waals surface area contributed by atoms with Crippen molar-refractivity contribution in [2.75, 3.05) is 19.7 Å². The van der Waals surface area contributed by atoms with Gasteiger partial charge in [-0.1, -0.05) is 12.1 Å². The zero-order valence-electron chi connectivity index (χ0n) is 18.8. The van der Waals surface area contributed by atoms with Crippen LogP contribution >= 0.6 is 37.2 Å². The molecule has 2 atom stereocenters. The number of likely N-dealkylation sites (tertiary alicyclic amines) is 1. The zero-order chi connectivity index (χ0) is 21.5. The van der Waals surface area contributed by atoms with Crippen molar-refractivity contribution in [3.63, 3.8) is 0 Å². The minimum absolute atomic E-state index is 0. The summed E-state index contributed by atoms with van der Waals surface area (Å²) in [5, 5.41) is 9.38. The van der Waals surface area contributed by atoms with Crippen LogP contribution in [0, 0.1) is 5.82 Å². The van der Waals surface area contributed by atoms with Crippen LogP contribution in [0.15, 0.2) is 42.6 Å². The molecule has 11 heteroatoms. The molecule has 0 unspecified atom stereocenters. The molecule has 7 nitrogen and oxygen atoms in total. The Balaban J connectivity index is 0.00000136. The van der Waals surface area contributed by atoms with Crippen LogP contribution in [0.5, 0.6) is 5.75 Å². The normalized spacial score (nSPS) is 16.5. The maximum atomic E-state index is 14.2. The molecule has 1 aliphatic heterocycles. The fourth-order valence-corrected chi connectivity index (χ4v) is 4.22. The highest BCUT2D eigenvalue weighted by Crippen LogP contribution is 2.28. The average molecular weight is 530 g/mol. The number of rotatable bonds is 5. The number of fused-ring (bicyclic) bond motifs is 2. The van der Waals surface area contributed by atoms with Crippen molar-refractivity contribution in [3.8, 4) is 17.3 Å². The van der Waals surface area contributed by atoms with Crippen LogP contribution in [0.25, 0.3) is 28.1 Å². The summed E-state index contributed by atoms with van der Waals surface area (Å²) in [6, 6.07) is 11.3. The van der Waals surface area contributed by atoms with Crippen LogP contribution in [0.1, 0.15) is 31.9 Å². The van der Waals surface area contributed by atoms with Gasteiger partial charge in [0.15, 0.2) is 23.0 Å². The van der Waals surface area contributed by atoms with E-state index in [2.05, 4.69) is 34.3 Å². The summed E-state index contributed by atoms with van der Waals surface area (Å²) >= 11 is 0. The van der Waals surface area contributed by atoms with Crippen molar-refractivity contribution in [3.05, 3.63) is 54.0 Å². The van der Waals surface area contributed by atoms with Crippen LogP contribution < -0.4 is 10.5 Å². The van der Waals surface area contributed by atoms with E-state index in [0.717, 1.165) is 25.2 Å². The number of hydrogen-bond donors (Lipinski definition) is 1. The van der Waals surface area contributed by atoms with Gasteiger partial charge in [0.05, 0.1) is 12.1 Å². The minimum Gasteiger partial charge on any atom is -0.491 e. The van der Waals surface area contributed by atoms with Crippen molar-refractivity contribution in [2.45, 2.75) is 32.4 Å². The molecule has 0 aliphatic carbocycles. The molecular formula is C23H28Cl3FN6O. The van der Waals surface area contributed by atoms with Crippen LogP contribution in [-0.2, 0) is 0 Å². The Kier molecular flexibility index (Phi) is 9.45. The third-order valence-electron chi connectivity index (χ3n) is 5.98. The number of aromatic nitrogens is 4. The van der Waals surface area contributed by atoms with Crippen LogP contribution in [-0.4, -0.2) is 50.2 Å². The first-order valence-corrected chi connectivity index (χ1v) is 10.6. The number of pyridine rings is 2. The summed E-state index contributed by atoms with van der Waals surface area (Å²) in [4.78, 5) is 7.11. The quantitative estimate of drug-likeness (QED) is 0.398. The fourth-order valence-electron chi connectivity index (χ4n) is 4.22. The number of ether oxygens (including phenoxy) is 1. The van der Waals surface area contributed by atoms with Gasteiger partial charge >= 0.3 is 0 Å². The molecule has 34 heavy (non-hydrogen) atoms. The lowest BCUT2D eigenvalue weighted by Gasteiger charge is -2.24. The molecule has 4 heterocycles. The highest BCUT2D eigenvalue weighted by Gasteiger charge is 2.25. The van der Waals surface area contributed by atoms with Crippen molar-refractivity contribution < 1.29 is 9.13 Å². The first kappa shape index (κ1) is 28.0. The number of nitrogens with two attached hydrogens (primary N) is 1. The van der Waals surface area contributed by atoms with Gasteiger partial charge in [-0.15, -0.1) is 47.4 Å². The number of nitrogens with zero attached hydrogens (tertiary/aromatic N) is 5. The summed E-state index contributed by atoms with van der Waals surface area (Å²) in [7, 11) is 0. The van der Waals surface area contributed by atoms with E-state index >= 15 is 0 Å². The average Bonchev–Trinajstić information content (AvgIpc) is 3.39. The summed E-state index contributed by atoms with van der Waals surface area (Å²) in [6.45, 7) is 6.31. The van der Waals surface area contributed by atoms with Gasteiger partial charge in [-0.3, -0.25) is 9.30 Å². The third kappa shape index (κ3) is 5.21. The lowest BCUT2D eigenvalue weighted by Crippen LogP contribution is -2.28. The first-order chi connectivity index (χ1) is 15.0. The first-order valence-electron chi connectivity index (χ1n) is 10.6. The zero-order valence-corrected chi connectivity index (χ0v) is 21.3. The van der Waals surface area contributed by atoms with Crippen LogP contribution in [0.2, 0.25) is 0 Å². The number of benzene rings is 1. The molecule has 0 spiro atoms. The fraction of sp³-hybridized carbons (Fsp3) is 0.348. The Hall–Kier alpha value is -2.23. The largest absolute Gasteiger partial charge is 0.491 e. The van der Waals surface area contributed by atoms with Gasteiger partial charge < -0.3 is 10.5 Å². The molecule has 0 bridgehead atoms. The second kappa shape index (κ2) is 11.5. The minimum atomic E-state index is -0.392. The molecule has 5 rings (SSSR count). The third-order valence-corrected chi connectivity index (χ3v) is 5.98. The van der Waals surface area contributed by atoms with E-state index in [1.54, 1.807) is 6.07 Å². The second-order valence-electron chi connectivity index (χ2n) is 8.04. The summed E-state index contributed by atoms with van der Waals surface area (Å²) in [5.74, 6) is 0.453. The van der Waals surface area contributed by atoms with Crippen molar-refractivity contribution in [1.82, 2.24) is 24.5 Å². The molecule has 184 valence electrons. The van der Waals surface area contributed by atoms with Gasteiger partial charge in [0, 0.05) is 42.8 Å². The van der Waals surface area contributed by atoms with Crippen LogP contribution in [0.3, 0.4) is 0 Å². The molecule has 1 aromatic carbocycles. The molecule has 0 amide bonds. The molecule has 1 fully saturated rings. The van der Waals surface area contributed by atoms with E-state index in [1.807, 2.05) is 29.5 Å². The summed E-state index contributed by atoms with van der Waals surface area (Å²) in [5.41, 5.74) is 9.33. The highest BCUT2D eigenvalue weighted by atomic mass is 35.5. The van der Waals surface area contributed by atoms with E-state index in [0.29, 0.717) is 29.0 Å². The predicted molar refractivity (Wildman–Crippen MR) is 139 cm³/mol. The lowest BCUT2D eigenvalue weighted by molar-refractivity contribution is 0.259. The van der Waals surface area contributed by atoms with E-state index in [4.69, 9.17) is 15.5 Å². The Morgan fingerprint density at radius 2 is 1.94 bits per heavy atom. The summed E-state index contributed by atoms with van der Waals surface area (Å²) < 4.78 is 21.5.